The smallest absolute Gasteiger partial charge is 0.387 e. The zero-order valence-corrected chi connectivity index (χ0v) is 16.9. The second-order valence-corrected chi connectivity index (χ2v) is 7.88. The molecule has 29 heavy (non-hydrogen) atoms. The molecule has 0 saturated heterocycles. The quantitative estimate of drug-likeness (QED) is 0.399. The largest absolute Gasteiger partial charge is 0.484 e. The molecule has 0 aliphatic heterocycles. The van der Waals surface area contributed by atoms with Crippen molar-refractivity contribution in [3.63, 3.8) is 0 Å². The summed E-state index contributed by atoms with van der Waals surface area (Å²) in [5, 5.41) is 10.00. The van der Waals surface area contributed by atoms with Crippen molar-refractivity contribution < 1.29 is 18.3 Å². The zero-order valence-electron chi connectivity index (χ0n) is 15.3. The number of para-hydroxylation sites is 1. The van der Waals surface area contributed by atoms with Gasteiger partial charge in [0, 0.05) is 11.8 Å². The normalized spacial score (nSPS) is 13.7. The number of alkyl halides is 2. The molecule has 1 saturated carbocycles. The molecule has 1 aromatic heterocycles. The highest BCUT2D eigenvalue weighted by Crippen LogP contribution is 2.39. The van der Waals surface area contributed by atoms with E-state index in [-0.39, 0.29) is 12.4 Å². The van der Waals surface area contributed by atoms with E-state index in [0.717, 1.165) is 29.4 Å². The fourth-order valence-corrected chi connectivity index (χ4v) is 3.99. The molecule has 1 aliphatic carbocycles. The lowest BCUT2D eigenvalue weighted by atomic mass is 10.2. The van der Waals surface area contributed by atoms with E-state index >= 15 is 0 Å². The lowest BCUT2D eigenvalue weighted by Gasteiger charge is -2.11. The van der Waals surface area contributed by atoms with Gasteiger partial charge >= 0.3 is 6.61 Å². The van der Waals surface area contributed by atoms with Crippen molar-refractivity contribution in [1.29, 1.82) is 0 Å². The van der Waals surface area contributed by atoms with E-state index in [9.17, 15) is 8.78 Å². The van der Waals surface area contributed by atoms with E-state index < -0.39 is 6.61 Å². The van der Waals surface area contributed by atoms with E-state index in [1.807, 2.05) is 18.2 Å². The Hall–Kier alpha value is -2.32. The predicted molar refractivity (Wildman–Crippen MR) is 107 cm³/mol. The fourth-order valence-electron chi connectivity index (χ4n) is 2.82. The number of rotatable bonds is 9. The average Bonchev–Trinajstić information content (AvgIpc) is 3.46. The van der Waals surface area contributed by atoms with Gasteiger partial charge in [-0.1, -0.05) is 47.6 Å². The Bertz CT molecular complexity index is 965. The summed E-state index contributed by atoms with van der Waals surface area (Å²) in [4.78, 5) is 0. The Morgan fingerprint density at radius 3 is 2.55 bits per heavy atom. The number of nitrogens with zero attached hydrogens (tertiary/aromatic N) is 3. The molecule has 1 aliphatic rings. The maximum Gasteiger partial charge on any atom is 0.387 e. The average molecular weight is 438 g/mol. The Morgan fingerprint density at radius 2 is 1.86 bits per heavy atom. The van der Waals surface area contributed by atoms with E-state index in [4.69, 9.17) is 16.3 Å². The summed E-state index contributed by atoms with van der Waals surface area (Å²) in [5.41, 5.74) is 0.982. The lowest BCUT2D eigenvalue weighted by molar-refractivity contribution is -0.0498. The van der Waals surface area contributed by atoms with Gasteiger partial charge in [0.15, 0.2) is 11.0 Å². The molecule has 3 aromatic rings. The molecular formula is C20H18ClF2N3O2S. The van der Waals surface area contributed by atoms with Crippen LogP contribution in [0.1, 0.15) is 30.3 Å². The summed E-state index contributed by atoms with van der Waals surface area (Å²) in [6.07, 6.45) is 2.18. The highest BCUT2D eigenvalue weighted by atomic mass is 35.5. The van der Waals surface area contributed by atoms with Crippen LogP contribution in [0.5, 0.6) is 11.5 Å². The fraction of sp³-hybridized carbons (Fsp3) is 0.300. The SMILES string of the molecule is FC(F)Oc1ccc(CSc2nnc(COc3ccccc3Cl)n2C2CC2)cc1. The van der Waals surface area contributed by atoms with Crippen molar-refractivity contribution in [2.75, 3.05) is 0 Å². The van der Waals surface area contributed by atoms with Crippen LogP contribution in [0.3, 0.4) is 0 Å². The van der Waals surface area contributed by atoms with Crippen LogP contribution in [0, 0.1) is 0 Å². The molecule has 1 fully saturated rings. The van der Waals surface area contributed by atoms with Crippen LogP contribution in [-0.4, -0.2) is 21.4 Å². The van der Waals surface area contributed by atoms with E-state index in [0.29, 0.717) is 22.6 Å². The molecule has 152 valence electrons. The highest BCUT2D eigenvalue weighted by Gasteiger charge is 2.29. The molecule has 0 bridgehead atoms. The third kappa shape index (κ3) is 5.19. The summed E-state index contributed by atoms with van der Waals surface area (Å²) in [6.45, 7) is -2.54. The second kappa shape index (κ2) is 9.00. The molecule has 1 heterocycles. The Kier molecular flexibility index (Phi) is 6.20. The predicted octanol–water partition coefficient (Wildman–Crippen LogP) is 5.74. The van der Waals surface area contributed by atoms with E-state index in [1.54, 1.807) is 30.0 Å². The summed E-state index contributed by atoms with van der Waals surface area (Å²) in [6, 6.07) is 14.3. The molecular weight excluding hydrogens is 420 g/mol. The van der Waals surface area contributed by atoms with Crippen LogP contribution >= 0.6 is 23.4 Å². The van der Waals surface area contributed by atoms with Crippen LogP contribution in [0.25, 0.3) is 0 Å². The van der Waals surface area contributed by atoms with E-state index in [2.05, 4.69) is 19.5 Å². The molecule has 5 nitrogen and oxygen atoms in total. The third-order valence-electron chi connectivity index (χ3n) is 4.36. The van der Waals surface area contributed by atoms with Crippen molar-refractivity contribution >= 4 is 23.4 Å². The molecule has 2 aromatic carbocycles. The first kappa shape index (κ1) is 20.0. The minimum Gasteiger partial charge on any atom is -0.484 e. The zero-order chi connectivity index (χ0) is 20.2. The van der Waals surface area contributed by atoms with Crippen LogP contribution in [0.4, 0.5) is 8.78 Å². The Labute approximate surface area is 176 Å². The van der Waals surface area contributed by atoms with Crippen molar-refractivity contribution in [3.05, 3.63) is 64.9 Å². The summed E-state index contributed by atoms with van der Waals surface area (Å²) in [5.74, 6) is 2.16. The molecule has 9 heteroatoms. The molecule has 0 atom stereocenters. The first-order valence-corrected chi connectivity index (χ1v) is 10.4. The van der Waals surface area contributed by atoms with Gasteiger partial charge in [0.2, 0.25) is 0 Å². The van der Waals surface area contributed by atoms with Gasteiger partial charge < -0.3 is 9.47 Å². The minimum absolute atomic E-state index is 0.147. The Morgan fingerprint density at radius 1 is 1.10 bits per heavy atom. The maximum absolute atomic E-state index is 12.3. The van der Waals surface area contributed by atoms with Crippen molar-refractivity contribution in [2.24, 2.45) is 0 Å². The topological polar surface area (TPSA) is 49.2 Å². The molecule has 0 amide bonds. The number of ether oxygens (including phenoxy) is 2. The lowest BCUT2D eigenvalue weighted by Crippen LogP contribution is -2.07. The second-order valence-electron chi connectivity index (χ2n) is 6.53. The number of benzene rings is 2. The van der Waals surface area contributed by atoms with Crippen LogP contribution in [0.15, 0.2) is 53.7 Å². The molecule has 0 unspecified atom stereocenters. The maximum atomic E-state index is 12.3. The number of hydrogen-bond donors (Lipinski definition) is 0. The summed E-state index contributed by atoms with van der Waals surface area (Å²) >= 11 is 7.70. The molecule has 0 spiro atoms. The van der Waals surface area contributed by atoms with E-state index in [1.165, 1.54) is 12.1 Å². The first-order chi connectivity index (χ1) is 14.1. The molecule has 4 rings (SSSR count). The van der Waals surface area contributed by atoms with Gasteiger partial charge in [-0.05, 0) is 42.7 Å². The van der Waals surface area contributed by atoms with Crippen molar-refractivity contribution in [1.82, 2.24) is 14.8 Å². The monoisotopic (exact) mass is 437 g/mol. The van der Waals surface area contributed by atoms with Gasteiger partial charge in [-0.25, -0.2) is 0 Å². The van der Waals surface area contributed by atoms with Gasteiger partial charge in [0.25, 0.3) is 0 Å². The number of hydrogen-bond acceptors (Lipinski definition) is 5. The minimum atomic E-state index is -2.82. The van der Waals surface area contributed by atoms with Crippen molar-refractivity contribution in [2.45, 2.75) is 43.0 Å². The highest BCUT2D eigenvalue weighted by molar-refractivity contribution is 7.98. The summed E-state index contributed by atoms with van der Waals surface area (Å²) in [7, 11) is 0. The Balaban J connectivity index is 1.41. The van der Waals surface area contributed by atoms with Gasteiger partial charge in [0.05, 0.1) is 5.02 Å². The van der Waals surface area contributed by atoms with Gasteiger partial charge in [-0.2, -0.15) is 8.78 Å². The standard InChI is InChI=1S/C20H18ClF2N3O2S/c21-16-3-1-2-4-17(16)27-11-18-24-25-20(26(18)14-7-8-14)29-12-13-5-9-15(10-6-13)28-19(22)23/h1-6,9-10,14,19H,7-8,11-12H2. The van der Waals surface area contributed by atoms with Crippen LogP contribution in [-0.2, 0) is 12.4 Å². The molecule has 0 radical (unpaired) electrons. The van der Waals surface area contributed by atoms with Gasteiger partial charge in [-0.3, -0.25) is 4.57 Å². The van der Waals surface area contributed by atoms with Crippen LogP contribution in [0.2, 0.25) is 5.02 Å². The van der Waals surface area contributed by atoms with Crippen LogP contribution < -0.4 is 9.47 Å². The van der Waals surface area contributed by atoms with Crippen molar-refractivity contribution in [3.8, 4) is 11.5 Å². The third-order valence-corrected chi connectivity index (χ3v) is 5.68. The number of aromatic nitrogens is 3. The number of halogens is 3. The first-order valence-electron chi connectivity index (χ1n) is 9.08. The molecule has 0 N–H and O–H groups in total. The van der Waals surface area contributed by atoms with Gasteiger partial charge in [-0.15, -0.1) is 10.2 Å². The number of thioether (sulfide) groups is 1. The van der Waals surface area contributed by atoms with Gasteiger partial charge in [0.1, 0.15) is 18.1 Å². The summed E-state index contributed by atoms with van der Waals surface area (Å²) < 4.78 is 36.8.